The third kappa shape index (κ3) is 6.29. The van der Waals surface area contributed by atoms with Crippen molar-refractivity contribution in [3.63, 3.8) is 0 Å². The number of nitrogens with two attached hydrogens (primary N) is 1. The Morgan fingerprint density at radius 2 is 1.75 bits per heavy atom. The zero-order valence-corrected chi connectivity index (χ0v) is 35.7. The molecule has 5 aliphatic carbocycles. The van der Waals surface area contributed by atoms with Gasteiger partial charge in [0.25, 0.3) is 0 Å². The Morgan fingerprint density at radius 1 is 1.02 bits per heavy atom. The van der Waals surface area contributed by atoms with Crippen molar-refractivity contribution in [2.45, 2.75) is 146 Å². The van der Waals surface area contributed by atoms with E-state index in [2.05, 4.69) is 69.2 Å². The van der Waals surface area contributed by atoms with E-state index in [1.54, 1.807) is 26.1 Å². The number of nitrogens with zero attached hydrogens (tertiary/aromatic N) is 5. The smallest absolute Gasteiger partial charge is 0.309 e. The van der Waals surface area contributed by atoms with Crippen LogP contribution in [0.4, 0.5) is 0 Å². The van der Waals surface area contributed by atoms with Gasteiger partial charge in [-0.3, -0.25) is 19.4 Å². The molecule has 0 unspecified atom stereocenters. The average Bonchev–Trinajstić information content (AvgIpc) is 3.66. The summed E-state index contributed by atoms with van der Waals surface area (Å²) in [6.45, 7) is 20.7. The maximum absolute atomic E-state index is 14.3. The number of hydrogen-bond donors (Lipinski definition) is 2. The van der Waals surface area contributed by atoms with Crippen LogP contribution in [-0.4, -0.2) is 55.2 Å². The minimum atomic E-state index is -1.17. The summed E-state index contributed by atoms with van der Waals surface area (Å²) in [6, 6.07) is 5.69. The van der Waals surface area contributed by atoms with Crippen LogP contribution >= 0.6 is 0 Å². The summed E-state index contributed by atoms with van der Waals surface area (Å²) in [5.74, 6) is 1.57. The lowest BCUT2D eigenvalue weighted by molar-refractivity contribution is -0.233. The molecule has 0 spiro atoms. The van der Waals surface area contributed by atoms with Gasteiger partial charge in [0.1, 0.15) is 23.7 Å². The van der Waals surface area contributed by atoms with E-state index >= 15 is 0 Å². The van der Waals surface area contributed by atoms with Crippen molar-refractivity contribution in [1.82, 2.24) is 19.7 Å². The quantitative estimate of drug-likeness (QED) is 0.224. The first kappa shape index (κ1) is 41.3. The number of carbonyl (C=O) groups is 3. The molecular formula is C46H64N6O5. The number of ether oxygens (including phenoxy) is 1. The van der Waals surface area contributed by atoms with E-state index in [0.29, 0.717) is 54.8 Å². The highest BCUT2D eigenvalue weighted by Crippen LogP contribution is 2.77. The van der Waals surface area contributed by atoms with Crippen LogP contribution < -0.4 is 5.73 Å². The number of carboxylic acid groups (broad SMARTS) is 1. The molecule has 0 aromatic carbocycles. The van der Waals surface area contributed by atoms with Crippen molar-refractivity contribution in [2.75, 3.05) is 6.54 Å². The van der Waals surface area contributed by atoms with Gasteiger partial charge in [0.05, 0.1) is 17.4 Å². The molecule has 11 nitrogen and oxygen atoms in total. The Kier molecular flexibility index (Phi) is 10.2. The molecule has 11 heteroatoms. The molecule has 0 amide bonds. The highest BCUT2D eigenvalue weighted by atomic mass is 16.5. The van der Waals surface area contributed by atoms with E-state index in [1.807, 2.05) is 6.07 Å². The highest BCUT2D eigenvalue weighted by Gasteiger charge is 2.70. The SMILES string of the molecule is CC(C)C1=C2[C@H]3CC[C@@H]4[C@@]5(C)CC[C@H](OC(=O)CC(C)(C)C(=O)O)C(C)(C)[C@@H]5CC[C@@]4(C)[C@]3(C)CC[C@@]2(Cc2nnc(-c3ccc(C#N)cn3)n2CCN)CC1=O. The number of Topliss-reactive ketones (excluding diaryl/α,β-unsaturated/α-hetero) is 1. The number of esters is 1. The Labute approximate surface area is 338 Å². The predicted molar refractivity (Wildman–Crippen MR) is 216 cm³/mol. The van der Waals surface area contributed by atoms with Gasteiger partial charge in [-0.15, -0.1) is 10.2 Å². The summed E-state index contributed by atoms with van der Waals surface area (Å²) in [7, 11) is 0. The van der Waals surface area contributed by atoms with Crippen molar-refractivity contribution >= 4 is 17.7 Å². The van der Waals surface area contributed by atoms with Crippen LogP contribution in [0, 0.1) is 67.5 Å². The number of fused-ring (bicyclic) bond motifs is 7. The Morgan fingerprint density at radius 3 is 2.39 bits per heavy atom. The molecule has 0 saturated heterocycles. The number of carbonyl (C=O) groups excluding carboxylic acids is 2. The summed E-state index contributed by atoms with van der Waals surface area (Å²) in [4.78, 5) is 43.8. The molecule has 308 valence electrons. The van der Waals surface area contributed by atoms with Gasteiger partial charge in [-0.05, 0) is 123 Å². The molecule has 0 aliphatic heterocycles. The van der Waals surface area contributed by atoms with Gasteiger partial charge in [-0.25, -0.2) is 0 Å². The first-order chi connectivity index (χ1) is 26.7. The molecule has 0 bridgehead atoms. The largest absolute Gasteiger partial charge is 0.481 e. The molecule has 0 radical (unpaired) electrons. The molecule has 7 rings (SSSR count). The Bertz CT molecular complexity index is 2030. The van der Waals surface area contributed by atoms with Crippen LogP contribution in [-0.2, 0) is 32.1 Å². The van der Waals surface area contributed by atoms with Gasteiger partial charge in [0, 0.05) is 43.0 Å². The first-order valence-corrected chi connectivity index (χ1v) is 21.4. The maximum atomic E-state index is 14.3. The number of ketones is 1. The predicted octanol–water partition coefficient (Wildman–Crippen LogP) is 8.11. The fourth-order valence-corrected chi connectivity index (χ4v) is 13.7. The van der Waals surface area contributed by atoms with Crippen LogP contribution in [0.2, 0.25) is 0 Å². The first-order valence-electron chi connectivity index (χ1n) is 21.4. The monoisotopic (exact) mass is 780 g/mol. The van der Waals surface area contributed by atoms with Crippen LogP contribution in [0.5, 0.6) is 0 Å². The second kappa shape index (κ2) is 14.1. The van der Waals surface area contributed by atoms with E-state index in [1.165, 1.54) is 5.57 Å². The molecule has 4 fully saturated rings. The molecule has 4 saturated carbocycles. The van der Waals surface area contributed by atoms with Crippen LogP contribution in [0.1, 0.15) is 138 Å². The van der Waals surface area contributed by atoms with Crippen molar-refractivity contribution in [3.8, 4) is 17.6 Å². The third-order valence-electron chi connectivity index (χ3n) is 16.8. The summed E-state index contributed by atoms with van der Waals surface area (Å²) >= 11 is 0. The lowest BCUT2D eigenvalue weighted by Crippen LogP contribution is -2.65. The van der Waals surface area contributed by atoms with Crippen LogP contribution in [0.25, 0.3) is 11.5 Å². The van der Waals surface area contributed by atoms with Crippen LogP contribution in [0.15, 0.2) is 29.5 Å². The van der Waals surface area contributed by atoms with Gasteiger partial charge >= 0.3 is 11.9 Å². The fourth-order valence-electron chi connectivity index (χ4n) is 13.7. The normalized spacial score (nSPS) is 34.5. The molecule has 57 heavy (non-hydrogen) atoms. The van der Waals surface area contributed by atoms with Gasteiger partial charge in [0.2, 0.25) is 0 Å². The lowest BCUT2D eigenvalue weighted by Gasteiger charge is -2.72. The summed E-state index contributed by atoms with van der Waals surface area (Å²) in [6.07, 6.45) is 10.2. The van der Waals surface area contributed by atoms with E-state index in [-0.39, 0.29) is 57.2 Å². The second-order valence-electron chi connectivity index (χ2n) is 20.8. The molecule has 3 N–H and O–H groups in total. The number of carboxylic acids is 1. The fraction of sp³-hybridized carbons (Fsp3) is 0.717. The van der Waals surface area contributed by atoms with Crippen molar-refractivity contribution in [1.29, 1.82) is 5.26 Å². The summed E-state index contributed by atoms with van der Waals surface area (Å²) < 4.78 is 8.27. The van der Waals surface area contributed by atoms with E-state index in [9.17, 15) is 24.8 Å². The number of aliphatic carboxylic acids is 1. The van der Waals surface area contributed by atoms with Crippen LogP contribution in [0.3, 0.4) is 0 Å². The molecule has 5 aliphatic rings. The van der Waals surface area contributed by atoms with Crippen molar-refractivity contribution in [3.05, 3.63) is 40.9 Å². The van der Waals surface area contributed by atoms with E-state index in [0.717, 1.165) is 62.8 Å². The Balaban J connectivity index is 1.20. The third-order valence-corrected chi connectivity index (χ3v) is 16.8. The van der Waals surface area contributed by atoms with E-state index in [4.69, 9.17) is 15.6 Å². The standard InChI is InChI=1S/C46H64N6O5/c1-27(2)37-31(53)22-46(23-35-50-51-39(52(35)21-20-47)30-12-10-28(25-48)26-49-30)19-18-44(8)29(38(37)46)11-13-33-43(7)16-15-34(57-36(54)24-41(3,4)40(55)56)42(5,6)32(43)14-17-45(33,44)9/h10,12,26-27,29,32-34H,11,13-24,47H2,1-9H3,(H,55,56)/t29-,32+,33-,34+,43+,44-,45-,46+/m1/s1. The number of allylic oxidation sites excluding steroid dienone is 2. The van der Waals surface area contributed by atoms with Crippen molar-refractivity contribution in [2.24, 2.45) is 61.9 Å². The summed E-state index contributed by atoms with van der Waals surface area (Å²) in [5.41, 5.74) is 8.06. The molecule has 2 heterocycles. The summed E-state index contributed by atoms with van der Waals surface area (Å²) in [5, 5.41) is 28.4. The molecule has 8 atom stereocenters. The number of aromatic nitrogens is 4. The van der Waals surface area contributed by atoms with Gasteiger partial charge in [-0.1, -0.05) is 54.0 Å². The van der Waals surface area contributed by atoms with Crippen molar-refractivity contribution < 1.29 is 24.2 Å². The Hall–Kier alpha value is -3.91. The zero-order valence-electron chi connectivity index (χ0n) is 35.7. The number of hydrogen-bond acceptors (Lipinski definition) is 9. The minimum Gasteiger partial charge on any atom is -0.481 e. The average molecular weight is 781 g/mol. The van der Waals surface area contributed by atoms with E-state index < -0.39 is 17.4 Å². The molecular weight excluding hydrogens is 717 g/mol. The van der Waals surface area contributed by atoms with Gasteiger partial charge in [-0.2, -0.15) is 5.26 Å². The zero-order chi connectivity index (χ0) is 41.5. The molecule has 2 aromatic heterocycles. The number of rotatable bonds is 10. The maximum Gasteiger partial charge on any atom is 0.309 e. The number of nitriles is 1. The highest BCUT2D eigenvalue weighted by molar-refractivity contribution is 6.00. The number of pyridine rings is 1. The molecule has 2 aromatic rings. The minimum absolute atomic E-state index is 0.00807. The lowest BCUT2D eigenvalue weighted by atomic mass is 9.33. The topological polar surface area (TPSA) is 174 Å². The second-order valence-corrected chi connectivity index (χ2v) is 20.8. The van der Waals surface area contributed by atoms with Gasteiger partial charge in [0.15, 0.2) is 11.6 Å². The van der Waals surface area contributed by atoms with Gasteiger partial charge < -0.3 is 20.1 Å².